The van der Waals surface area contributed by atoms with Gasteiger partial charge in [-0.15, -0.1) is 0 Å². The summed E-state index contributed by atoms with van der Waals surface area (Å²) in [6.45, 7) is 0. The molecule has 2 nitrogen and oxygen atoms in total. The number of benzene rings is 1. The van der Waals surface area contributed by atoms with Gasteiger partial charge < -0.3 is 4.74 Å². The zero-order chi connectivity index (χ0) is 10.7. The summed E-state index contributed by atoms with van der Waals surface area (Å²) in [7, 11) is 1.32. The minimum absolute atomic E-state index is 0.120. The first-order valence-corrected chi connectivity index (χ1v) is 4.52. The van der Waals surface area contributed by atoms with E-state index in [1.807, 2.05) is 0 Å². The van der Waals surface area contributed by atoms with Crippen molar-refractivity contribution in [1.82, 2.24) is 0 Å². The van der Waals surface area contributed by atoms with Crippen LogP contribution in [0.2, 0.25) is 0 Å². The lowest BCUT2D eigenvalue weighted by atomic mass is 10.1. The van der Waals surface area contributed by atoms with Crippen LogP contribution in [0.15, 0.2) is 22.7 Å². The molecule has 76 valence electrons. The van der Waals surface area contributed by atoms with Crippen LogP contribution in [0.5, 0.6) is 5.75 Å². The van der Waals surface area contributed by atoms with Gasteiger partial charge in [0.25, 0.3) is 0 Å². The van der Waals surface area contributed by atoms with Crippen molar-refractivity contribution in [3.63, 3.8) is 0 Å². The van der Waals surface area contributed by atoms with Crippen LogP contribution in [0.1, 0.15) is 10.4 Å². The van der Waals surface area contributed by atoms with E-state index >= 15 is 0 Å². The fourth-order valence-electron chi connectivity index (χ4n) is 1.02. The van der Waals surface area contributed by atoms with Crippen molar-refractivity contribution in [2.75, 3.05) is 7.11 Å². The predicted octanol–water partition coefficient (Wildman–Crippen LogP) is 2.91. The lowest BCUT2D eigenvalue weighted by Gasteiger charge is -2.08. The Bertz CT molecular complexity index is 353. The molecule has 0 amide bonds. The highest BCUT2D eigenvalue weighted by molar-refractivity contribution is 9.10. The first-order chi connectivity index (χ1) is 6.57. The third-order valence-corrected chi connectivity index (χ3v) is 2.30. The molecular formula is C9H7BrF2O2. The number of carbonyl (C=O) groups excluding carboxylic acids is 1. The van der Waals surface area contributed by atoms with Crippen molar-refractivity contribution in [3.8, 4) is 5.75 Å². The molecule has 0 unspecified atom stereocenters. The van der Waals surface area contributed by atoms with Crippen LogP contribution in [-0.2, 0) is 0 Å². The smallest absolute Gasteiger partial charge is 0.300 e. The molecule has 0 aliphatic rings. The molecule has 1 rings (SSSR count). The maximum absolute atomic E-state index is 12.2. The average Bonchev–Trinajstić information content (AvgIpc) is 2.16. The molecule has 0 aliphatic heterocycles. The first kappa shape index (κ1) is 11.1. The van der Waals surface area contributed by atoms with E-state index in [4.69, 9.17) is 4.74 Å². The Hall–Kier alpha value is -0.970. The van der Waals surface area contributed by atoms with Crippen molar-refractivity contribution in [2.45, 2.75) is 6.43 Å². The number of rotatable bonds is 3. The number of methoxy groups -OCH3 is 1. The second-order valence-electron chi connectivity index (χ2n) is 2.48. The molecule has 0 aliphatic carbocycles. The van der Waals surface area contributed by atoms with Gasteiger partial charge >= 0.3 is 6.43 Å². The monoisotopic (exact) mass is 264 g/mol. The number of Topliss-reactive ketones (excluding diaryl/α,β-unsaturated/α-hetero) is 1. The van der Waals surface area contributed by atoms with E-state index in [2.05, 4.69) is 15.9 Å². The van der Waals surface area contributed by atoms with Crippen LogP contribution in [0.3, 0.4) is 0 Å². The van der Waals surface area contributed by atoms with Crippen molar-refractivity contribution in [2.24, 2.45) is 0 Å². The van der Waals surface area contributed by atoms with Gasteiger partial charge in [0.1, 0.15) is 5.75 Å². The zero-order valence-corrected chi connectivity index (χ0v) is 8.85. The topological polar surface area (TPSA) is 26.3 Å². The number of carbonyl (C=O) groups is 1. The van der Waals surface area contributed by atoms with Crippen LogP contribution in [0.25, 0.3) is 0 Å². The molecule has 0 bridgehead atoms. The SMILES string of the molecule is COc1cccc(Br)c1C(=O)C(F)F. The fourth-order valence-corrected chi connectivity index (χ4v) is 1.57. The number of hydrogen-bond donors (Lipinski definition) is 0. The molecule has 1 aromatic carbocycles. The van der Waals surface area contributed by atoms with Gasteiger partial charge in [0, 0.05) is 4.47 Å². The number of alkyl halides is 2. The highest BCUT2D eigenvalue weighted by Gasteiger charge is 2.23. The molecule has 0 saturated heterocycles. The molecule has 0 heterocycles. The summed E-state index contributed by atoms with van der Waals surface area (Å²) in [5.41, 5.74) is -0.120. The Morgan fingerprint density at radius 3 is 2.64 bits per heavy atom. The summed E-state index contributed by atoms with van der Waals surface area (Å²) < 4.78 is 29.5. The minimum Gasteiger partial charge on any atom is -0.496 e. The summed E-state index contributed by atoms with van der Waals surface area (Å²) in [4.78, 5) is 11.1. The molecule has 1 aromatic rings. The summed E-state index contributed by atoms with van der Waals surface area (Å²) in [6.07, 6.45) is -3.03. The summed E-state index contributed by atoms with van der Waals surface area (Å²) >= 11 is 3.02. The fraction of sp³-hybridized carbons (Fsp3) is 0.222. The molecule has 5 heteroatoms. The number of ketones is 1. The lowest BCUT2D eigenvalue weighted by Crippen LogP contribution is -2.12. The molecule has 0 fully saturated rings. The highest BCUT2D eigenvalue weighted by Crippen LogP contribution is 2.28. The van der Waals surface area contributed by atoms with Crippen molar-refractivity contribution >= 4 is 21.7 Å². The van der Waals surface area contributed by atoms with Crippen LogP contribution in [0.4, 0.5) is 8.78 Å². The second kappa shape index (κ2) is 4.50. The van der Waals surface area contributed by atoms with Gasteiger partial charge in [-0.2, -0.15) is 0 Å². The van der Waals surface area contributed by atoms with E-state index < -0.39 is 12.2 Å². The largest absolute Gasteiger partial charge is 0.496 e. The van der Waals surface area contributed by atoms with E-state index in [9.17, 15) is 13.6 Å². The van der Waals surface area contributed by atoms with E-state index in [0.717, 1.165) is 0 Å². The Kier molecular flexibility index (Phi) is 3.57. The molecule has 0 aromatic heterocycles. The normalized spacial score (nSPS) is 10.4. The second-order valence-corrected chi connectivity index (χ2v) is 3.34. The maximum Gasteiger partial charge on any atom is 0.300 e. The highest BCUT2D eigenvalue weighted by atomic mass is 79.9. The Morgan fingerprint density at radius 2 is 2.14 bits per heavy atom. The third kappa shape index (κ3) is 2.09. The molecule has 0 spiro atoms. The molecule has 0 N–H and O–H groups in total. The average molecular weight is 265 g/mol. The van der Waals surface area contributed by atoms with Gasteiger partial charge in [-0.05, 0) is 28.1 Å². The number of hydrogen-bond acceptors (Lipinski definition) is 2. The van der Waals surface area contributed by atoms with Crippen LogP contribution in [0, 0.1) is 0 Å². The Balaban J connectivity index is 3.23. The third-order valence-electron chi connectivity index (χ3n) is 1.64. The van der Waals surface area contributed by atoms with Gasteiger partial charge in [-0.1, -0.05) is 6.07 Å². The summed E-state index contributed by atoms with van der Waals surface area (Å²) in [6, 6.07) is 4.57. The van der Waals surface area contributed by atoms with Crippen LogP contribution < -0.4 is 4.74 Å². The number of halogens is 3. The van der Waals surface area contributed by atoms with Crippen molar-refractivity contribution in [1.29, 1.82) is 0 Å². The molecule has 0 radical (unpaired) electrons. The first-order valence-electron chi connectivity index (χ1n) is 3.72. The summed E-state index contributed by atoms with van der Waals surface area (Å²) in [5.74, 6) is -1.10. The Labute approximate surface area is 88.0 Å². The molecular weight excluding hydrogens is 258 g/mol. The van der Waals surface area contributed by atoms with E-state index in [1.165, 1.54) is 19.2 Å². The molecule has 0 atom stereocenters. The standard InChI is InChI=1S/C9H7BrF2O2/c1-14-6-4-2-3-5(10)7(6)8(13)9(11)12/h2-4,9H,1H3. The van der Waals surface area contributed by atoms with Crippen LogP contribution >= 0.6 is 15.9 Å². The molecule has 14 heavy (non-hydrogen) atoms. The summed E-state index contributed by atoms with van der Waals surface area (Å²) in [5, 5.41) is 0. The van der Waals surface area contributed by atoms with Gasteiger partial charge in [0.05, 0.1) is 12.7 Å². The van der Waals surface area contributed by atoms with E-state index in [1.54, 1.807) is 6.07 Å². The quantitative estimate of drug-likeness (QED) is 0.785. The Morgan fingerprint density at radius 1 is 1.50 bits per heavy atom. The van der Waals surface area contributed by atoms with E-state index in [0.29, 0.717) is 4.47 Å². The molecule has 0 saturated carbocycles. The zero-order valence-electron chi connectivity index (χ0n) is 7.26. The van der Waals surface area contributed by atoms with Gasteiger partial charge in [-0.25, -0.2) is 8.78 Å². The minimum atomic E-state index is -3.03. The van der Waals surface area contributed by atoms with E-state index in [-0.39, 0.29) is 11.3 Å². The van der Waals surface area contributed by atoms with Gasteiger partial charge in [-0.3, -0.25) is 4.79 Å². The van der Waals surface area contributed by atoms with Crippen LogP contribution in [-0.4, -0.2) is 19.3 Å². The maximum atomic E-state index is 12.2. The van der Waals surface area contributed by atoms with Gasteiger partial charge in [0.15, 0.2) is 0 Å². The van der Waals surface area contributed by atoms with Crippen molar-refractivity contribution < 1.29 is 18.3 Å². The van der Waals surface area contributed by atoms with Gasteiger partial charge in [0.2, 0.25) is 5.78 Å². The number of ether oxygens (including phenoxy) is 1. The van der Waals surface area contributed by atoms with Crippen molar-refractivity contribution in [3.05, 3.63) is 28.2 Å². The predicted molar refractivity (Wildman–Crippen MR) is 51.0 cm³/mol. The lowest BCUT2D eigenvalue weighted by molar-refractivity contribution is 0.0674.